The molecule has 1 aliphatic heterocycles. The maximum Gasteiger partial charge on any atom is 0.411 e. The van der Waals surface area contributed by atoms with Crippen molar-refractivity contribution in [1.82, 2.24) is 4.90 Å². The first-order chi connectivity index (χ1) is 17.1. The Balaban J connectivity index is 1.39. The number of ether oxygens (including phenoxy) is 2. The lowest BCUT2D eigenvalue weighted by Crippen LogP contribution is -2.51. The van der Waals surface area contributed by atoms with Gasteiger partial charge in [0, 0.05) is 18.5 Å². The van der Waals surface area contributed by atoms with E-state index < -0.39 is 29.5 Å². The quantitative estimate of drug-likeness (QED) is 0.463. The molecule has 2 aliphatic rings. The molecule has 0 N–H and O–H groups in total. The summed E-state index contributed by atoms with van der Waals surface area (Å²) in [5.74, 6) is -0.819. The normalized spacial score (nSPS) is 21.6. The molecule has 4 rings (SSSR count). The minimum Gasteiger partial charge on any atom is -0.489 e. The summed E-state index contributed by atoms with van der Waals surface area (Å²) in [4.78, 5) is 27.8. The van der Waals surface area contributed by atoms with E-state index in [1.807, 2.05) is 30.3 Å². The first-order valence-corrected chi connectivity index (χ1v) is 12.5. The average molecular weight is 493 g/mol. The molecule has 0 spiro atoms. The van der Waals surface area contributed by atoms with Gasteiger partial charge in [0.25, 0.3) is 0 Å². The number of ketones is 1. The number of nitrogens with zero attached hydrogens (tertiary/aromatic N) is 2. The van der Waals surface area contributed by atoms with E-state index in [0.29, 0.717) is 17.9 Å². The molecule has 2 aromatic rings. The summed E-state index contributed by atoms with van der Waals surface area (Å²) in [5, 5.41) is 9.74. The van der Waals surface area contributed by atoms with Crippen LogP contribution in [0.2, 0.25) is 0 Å². The number of amides is 1. The van der Waals surface area contributed by atoms with Crippen LogP contribution in [0.15, 0.2) is 48.5 Å². The van der Waals surface area contributed by atoms with Gasteiger partial charge < -0.3 is 9.47 Å². The highest BCUT2D eigenvalue weighted by Crippen LogP contribution is 2.44. The Kier molecular flexibility index (Phi) is 7.63. The number of hydrogen-bond donors (Lipinski definition) is 0. The first-order valence-electron chi connectivity index (χ1n) is 12.5. The second kappa shape index (κ2) is 10.7. The third-order valence-corrected chi connectivity index (χ3v) is 6.89. The van der Waals surface area contributed by atoms with Crippen LogP contribution in [0.25, 0.3) is 0 Å². The minimum absolute atomic E-state index is 0.000195. The number of nitriles is 1. The van der Waals surface area contributed by atoms with Crippen LogP contribution < -0.4 is 4.74 Å². The summed E-state index contributed by atoms with van der Waals surface area (Å²) in [6.45, 7) is 5.73. The lowest BCUT2D eigenvalue weighted by molar-refractivity contribution is -0.126. The van der Waals surface area contributed by atoms with Crippen molar-refractivity contribution in [3.05, 3.63) is 65.5 Å². The number of carbonyl (C=O) groups is 2. The van der Waals surface area contributed by atoms with Gasteiger partial charge in [0.15, 0.2) is 5.78 Å². The summed E-state index contributed by atoms with van der Waals surface area (Å²) in [6, 6.07) is 15.8. The van der Waals surface area contributed by atoms with E-state index in [2.05, 4.69) is 6.07 Å². The van der Waals surface area contributed by atoms with Crippen LogP contribution in [0.5, 0.6) is 5.75 Å². The Labute approximate surface area is 212 Å². The van der Waals surface area contributed by atoms with Crippen LogP contribution in [0.3, 0.4) is 0 Å². The standard InChI is InChI=1S/C29H33FN2O4/c1-29(2,3)36-28(34)32-23-11-9-22(15-23)27(32)26(33)14-20(17-31)13-21-10-12-24(16-25(21)30)35-18-19-7-5-4-6-8-19/h4-8,10,12,16,20,22-23,27H,9,11,13-15,18H2,1-3H3/t20-,22+,23-,27?/m1/s1. The molecule has 1 saturated carbocycles. The molecule has 1 aliphatic carbocycles. The predicted octanol–water partition coefficient (Wildman–Crippen LogP) is 5.83. The van der Waals surface area contributed by atoms with Crippen LogP contribution in [0.4, 0.5) is 9.18 Å². The molecule has 0 radical (unpaired) electrons. The van der Waals surface area contributed by atoms with Crippen molar-refractivity contribution in [3.8, 4) is 11.8 Å². The molecule has 2 fully saturated rings. The fraction of sp³-hybridized carbons (Fsp3) is 0.483. The smallest absolute Gasteiger partial charge is 0.411 e. The van der Waals surface area contributed by atoms with Gasteiger partial charge in [0.2, 0.25) is 0 Å². The van der Waals surface area contributed by atoms with Crippen LogP contribution in [0, 0.1) is 29.0 Å². The Morgan fingerprint density at radius 3 is 2.58 bits per heavy atom. The molecular formula is C29H33FN2O4. The van der Waals surface area contributed by atoms with Gasteiger partial charge >= 0.3 is 6.09 Å². The van der Waals surface area contributed by atoms with Crippen LogP contribution in [-0.4, -0.2) is 34.5 Å². The topological polar surface area (TPSA) is 79.6 Å². The van der Waals surface area contributed by atoms with Crippen molar-refractivity contribution in [2.24, 2.45) is 11.8 Å². The zero-order valence-electron chi connectivity index (χ0n) is 21.1. The van der Waals surface area contributed by atoms with Gasteiger partial charge in [0.05, 0.1) is 18.0 Å². The second-order valence-corrected chi connectivity index (χ2v) is 10.8. The Morgan fingerprint density at radius 2 is 1.92 bits per heavy atom. The lowest BCUT2D eigenvalue weighted by Gasteiger charge is -2.35. The fourth-order valence-corrected chi connectivity index (χ4v) is 5.30. The molecular weight excluding hydrogens is 459 g/mol. The number of Topliss-reactive ketones (excluding diaryl/α,β-unsaturated/α-hetero) is 1. The molecule has 190 valence electrons. The maximum absolute atomic E-state index is 14.8. The number of rotatable bonds is 8. The molecule has 0 aromatic heterocycles. The van der Waals surface area contributed by atoms with E-state index >= 15 is 0 Å². The largest absolute Gasteiger partial charge is 0.489 e. The molecule has 1 unspecified atom stereocenters. The molecule has 6 nitrogen and oxygen atoms in total. The number of halogens is 1. The zero-order chi connectivity index (χ0) is 25.9. The van der Waals surface area contributed by atoms with Gasteiger partial charge in [-0.25, -0.2) is 9.18 Å². The van der Waals surface area contributed by atoms with E-state index in [0.717, 1.165) is 24.8 Å². The number of piperidine rings is 1. The van der Waals surface area contributed by atoms with Crippen LogP contribution in [-0.2, 0) is 22.6 Å². The van der Waals surface area contributed by atoms with Gasteiger partial charge in [-0.05, 0) is 69.6 Å². The molecule has 2 bridgehead atoms. The fourth-order valence-electron chi connectivity index (χ4n) is 5.30. The third kappa shape index (κ3) is 6.04. The first kappa shape index (κ1) is 25.7. The summed E-state index contributed by atoms with van der Waals surface area (Å²) >= 11 is 0. The Morgan fingerprint density at radius 1 is 1.17 bits per heavy atom. The molecule has 4 atom stereocenters. The van der Waals surface area contributed by atoms with Crippen molar-refractivity contribution in [1.29, 1.82) is 5.26 Å². The lowest BCUT2D eigenvalue weighted by atomic mass is 9.88. The molecule has 1 saturated heterocycles. The number of fused-ring (bicyclic) bond motifs is 2. The SMILES string of the molecule is CC(C)(C)OC(=O)N1C(C(=O)C[C@H](C#N)Cc2ccc(OCc3ccccc3)cc2F)[C@H]2CC[C@@H]1C2. The van der Waals surface area contributed by atoms with Gasteiger partial charge in [-0.1, -0.05) is 36.4 Å². The second-order valence-electron chi connectivity index (χ2n) is 10.8. The van der Waals surface area contributed by atoms with E-state index in [1.54, 1.807) is 37.8 Å². The number of likely N-dealkylation sites (tertiary alicyclic amines) is 1. The van der Waals surface area contributed by atoms with Crippen molar-refractivity contribution in [3.63, 3.8) is 0 Å². The van der Waals surface area contributed by atoms with E-state index in [1.165, 1.54) is 6.07 Å². The summed E-state index contributed by atoms with van der Waals surface area (Å²) in [5.41, 5.74) is 0.681. The van der Waals surface area contributed by atoms with Gasteiger partial charge in [-0.2, -0.15) is 5.26 Å². The van der Waals surface area contributed by atoms with Crippen molar-refractivity contribution in [2.75, 3.05) is 0 Å². The van der Waals surface area contributed by atoms with Crippen LogP contribution >= 0.6 is 0 Å². The minimum atomic E-state index is -0.692. The molecule has 2 aromatic carbocycles. The Hall–Kier alpha value is -3.40. The highest BCUT2D eigenvalue weighted by molar-refractivity contribution is 5.89. The van der Waals surface area contributed by atoms with Crippen molar-refractivity contribution < 1.29 is 23.5 Å². The molecule has 36 heavy (non-hydrogen) atoms. The molecule has 1 heterocycles. The van der Waals surface area contributed by atoms with Crippen LogP contribution in [0.1, 0.15) is 57.6 Å². The molecule has 1 amide bonds. The van der Waals surface area contributed by atoms with Crippen molar-refractivity contribution >= 4 is 11.9 Å². The summed E-state index contributed by atoms with van der Waals surface area (Å²) in [7, 11) is 0. The Bertz CT molecular complexity index is 1140. The van der Waals surface area contributed by atoms with E-state index in [4.69, 9.17) is 9.47 Å². The highest BCUT2D eigenvalue weighted by atomic mass is 19.1. The van der Waals surface area contributed by atoms with Gasteiger partial charge in [-0.3, -0.25) is 9.69 Å². The monoisotopic (exact) mass is 492 g/mol. The predicted molar refractivity (Wildman–Crippen MR) is 133 cm³/mol. The summed E-state index contributed by atoms with van der Waals surface area (Å²) < 4.78 is 26.1. The zero-order valence-corrected chi connectivity index (χ0v) is 21.1. The highest BCUT2D eigenvalue weighted by Gasteiger charge is 2.52. The van der Waals surface area contributed by atoms with Crippen molar-refractivity contribution in [2.45, 2.75) is 77.2 Å². The summed E-state index contributed by atoms with van der Waals surface area (Å²) in [6.07, 6.45) is 2.14. The molecule has 7 heteroatoms. The number of hydrogen-bond acceptors (Lipinski definition) is 5. The van der Waals surface area contributed by atoms with E-state index in [-0.39, 0.29) is 30.6 Å². The average Bonchev–Trinajstić information content (AvgIpc) is 3.45. The maximum atomic E-state index is 14.8. The number of benzene rings is 2. The third-order valence-electron chi connectivity index (χ3n) is 6.89. The van der Waals surface area contributed by atoms with Gasteiger partial charge in [-0.15, -0.1) is 0 Å². The number of carbonyl (C=O) groups excluding carboxylic acids is 2. The van der Waals surface area contributed by atoms with E-state index in [9.17, 15) is 19.2 Å². The van der Waals surface area contributed by atoms with Gasteiger partial charge in [0.1, 0.15) is 23.8 Å².